The maximum atomic E-state index is 10.7. The molecule has 0 bridgehead atoms. The van der Waals surface area contributed by atoms with Gasteiger partial charge in [0, 0.05) is 31.7 Å². The molecule has 4 heteroatoms. The van der Waals surface area contributed by atoms with Crippen LogP contribution in [0.5, 0.6) is 0 Å². The third-order valence-electron chi connectivity index (χ3n) is 4.02. The predicted molar refractivity (Wildman–Crippen MR) is 65.1 cm³/mol. The van der Waals surface area contributed by atoms with Crippen molar-refractivity contribution in [2.75, 3.05) is 19.8 Å². The SMILES string of the molecule is O=C(O)CCC1CCCCN1C1CCOCC1. The van der Waals surface area contributed by atoms with Crippen LogP contribution < -0.4 is 0 Å². The van der Waals surface area contributed by atoms with Crippen molar-refractivity contribution in [1.82, 2.24) is 4.90 Å². The van der Waals surface area contributed by atoms with Gasteiger partial charge in [-0.3, -0.25) is 9.69 Å². The van der Waals surface area contributed by atoms with Crippen molar-refractivity contribution in [2.45, 2.75) is 57.0 Å². The van der Waals surface area contributed by atoms with Crippen LogP contribution in [-0.4, -0.2) is 47.8 Å². The van der Waals surface area contributed by atoms with Crippen LogP contribution >= 0.6 is 0 Å². The second kappa shape index (κ2) is 6.36. The molecule has 2 saturated heterocycles. The topological polar surface area (TPSA) is 49.8 Å². The molecule has 0 aromatic heterocycles. The van der Waals surface area contributed by atoms with Gasteiger partial charge in [0.2, 0.25) is 0 Å². The quantitative estimate of drug-likeness (QED) is 0.816. The zero-order valence-electron chi connectivity index (χ0n) is 10.4. The van der Waals surface area contributed by atoms with Gasteiger partial charge >= 0.3 is 5.97 Å². The van der Waals surface area contributed by atoms with E-state index in [0.29, 0.717) is 18.5 Å². The standard InChI is InChI=1S/C13H23NO3/c15-13(16)5-4-11-3-1-2-8-14(11)12-6-9-17-10-7-12/h11-12H,1-10H2,(H,15,16). The Labute approximate surface area is 103 Å². The molecule has 0 aliphatic carbocycles. The number of piperidine rings is 1. The first-order valence-corrected chi connectivity index (χ1v) is 6.82. The molecule has 0 amide bonds. The molecule has 4 nitrogen and oxygen atoms in total. The highest BCUT2D eigenvalue weighted by Crippen LogP contribution is 2.27. The van der Waals surface area contributed by atoms with Gasteiger partial charge in [-0.25, -0.2) is 0 Å². The maximum absolute atomic E-state index is 10.7. The second-order valence-electron chi connectivity index (χ2n) is 5.16. The number of likely N-dealkylation sites (tertiary alicyclic amines) is 1. The molecule has 2 heterocycles. The van der Waals surface area contributed by atoms with Gasteiger partial charge in [-0.1, -0.05) is 6.42 Å². The van der Waals surface area contributed by atoms with Gasteiger partial charge in [0.25, 0.3) is 0 Å². The highest BCUT2D eigenvalue weighted by Gasteiger charge is 2.29. The summed E-state index contributed by atoms with van der Waals surface area (Å²) in [6, 6.07) is 1.12. The van der Waals surface area contributed by atoms with E-state index in [9.17, 15) is 4.79 Å². The van der Waals surface area contributed by atoms with Gasteiger partial charge in [-0.15, -0.1) is 0 Å². The first-order valence-electron chi connectivity index (χ1n) is 6.82. The van der Waals surface area contributed by atoms with Crippen molar-refractivity contribution >= 4 is 5.97 Å². The minimum atomic E-state index is -0.664. The van der Waals surface area contributed by atoms with Gasteiger partial charge in [0.15, 0.2) is 0 Å². The number of carbonyl (C=O) groups is 1. The van der Waals surface area contributed by atoms with Crippen LogP contribution in [0.3, 0.4) is 0 Å². The molecule has 0 spiro atoms. The van der Waals surface area contributed by atoms with Crippen LogP contribution in [0.2, 0.25) is 0 Å². The Kier molecular flexibility index (Phi) is 4.80. The Morgan fingerprint density at radius 1 is 1.24 bits per heavy atom. The maximum Gasteiger partial charge on any atom is 0.303 e. The van der Waals surface area contributed by atoms with Crippen LogP contribution in [0.25, 0.3) is 0 Å². The van der Waals surface area contributed by atoms with Gasteiger partial charge in [0.1, 0.15) is 0 Å². The Balaban J connectivity index is 1.88. The first-order chi connectivity index (χ1) is 8.27. The van der Waals surface area contributed by atoms with Crippen LogP contribution in [-0.2, 0) is 9.53 Å². The van der Waals surface area contributed by atoms with Crippen molar-refractivity contribution < 1.29 is 14.6 Å². The van der Waals surface area contributed by atoms with Crippen LogP contribution in [0, 0.1) is 0 Å². The molecule has 2 aliphatic heterocycles. The minimum Gasteiger partial charge on any atom is -0.481 e. The van der Waals surface area contributed by atoms with Crippen LogP contribution in [0.1, 0.15) is 44.9 Å². The highest BCUT2D eigenvalue weighted by molar-refractivity contribution is 5.66. The third-order valence-corrected chi connectivity index (χ3v) is 4.02. The molecule has 0 aromatic rings. The van der Waals surface area contributed by atoms with Gasteiger partial charge in [-0.2, -0.15) is 0 Å². The predicted octanol–water partition coefficient (Wildman–Crippen LogP) is 1.88. The summed E-state index contributed by atoms with van der Waals surface area (Å²) in [4.78, 5) is 13.3. The molecular formula is C13H23NO3. The normalized spacial score (nSPS) is 28.1. The van der Waals surface area contributed by atoms with Crippen molar-refractivity contribution in [3.63, 3.8) is 0 Å². The molecular weight excluding hydrogens is 218 g/mol. The van der Waals surface area contributed by atoms with E-state index in [0.717, 1.165) is 39.0 Å². The summed E-state index contributed by atoms with van der Waals surface area (Å²) in [6.45, 7) is 2.88. The smallest absolute Gasteiger partial charge is 0.303 e. The van der Waals surface area contributed by atoms with Gasteiger partial charge in [-0.05, 0) is 38.6 Å². The molecule has 98 valence electrons. The van der Waals surface area contributed by atoms with Crippen molar-refractivity contribution in [3.05, 3.63) is 0 Å². The number of hydrogen-bond donors (Lipinski definition) is 1. The largest absolute Gasteiger partial charge is 0.481 e. The molecule has 0 saturated carbocycles. The van der Waals surface area contributed by atoms with Crippen molar-refractivity contribution in [2.24, 2.45) is 0 Å². The number of carboxylic acid groups (broad SMARTS) is 1. The zero-order chi connectivity index (χ0) is 12.1. The second-order valence-corrected chi connectivity index (χ2v) is 5.16. The number of hydrogen-bond acceptors (Lipinski definition) is 3. The third kappa shape index (κ3) is 3.68. The van der Waals surface area contributed by atoms with Crippen molar-refractivity contribution in [3.8, 4) is 0 Å². The number of carboxylic acids is 1. The lowest BCUT2D eigenvalue weighted by atomic mass is 9.93. The van der Waals surface area contributed by atoms with Gasteiger partial charge < -0.3 is 9.84 Å². The van der Waals surface area contributed by atoms with E-state index in [1.165, 1.54) is 19.3 Å². The van der Waals surface area contributed by atoms with E-state index >= 15 is 0 Å². The number of aliphatic carboxylic acids is 1. The molecule has 0 radical (unpaired) electrons. The molecule has 2 aliphatic rings. The molecule has 2 fully saturated rings. The number of nitrogens with zero attached hydrogens (tertiary/aromatic N) is 1. The monoisotopic (exact) mass is 241 g/mol. The van der Waals surface area contributed by atoms with Crippen molar-refractivity contribution in [1.29, 1.82) is 0 Å². The van der Waals surface area contributed by atoms with E-state index in [4.69, 9.17) is 9.84 Å². The van der Waals surface area contributed by atoms with Crippen LogP contribution in [0.15, 0.2) is 0 Å². The lowest BCUT2D eigenvalue weighted by molar-refractivity contribution is -0.137. The fourth-order valence-electron chi connectivity index (χ4n) is 3.12. The summed E-state index contributed by atoms with van der Waals surface area (Å²) in [6.07, 6.45) is 7.04. The summed E-state index contributed by atoms with van der Waals surface area (Å²) < 4.78 is 5.40. The Morgan fingerprint density at radius 2 is 2.00 bits per heavy atom. The average Bonchev–Trinajstić information content (AvgIpc) is 2.38. The molecule has 2 rings (SSSR count). The molecule has 1 N–H and O–H groups in total. The fourth-order valence-corrected chi connectivity index (χ4v) is 3.12. The Morgan fingerprint density at radius 3 is 2.71 bits per heavy atom. The lowest BCUT2D eigenvalue weighted by Gasteiger charge is -2.42. The van der Waals surface area contributed by atoms with E-state index in [1.54, 1.807) is 0 Å². The van der Waals surface area contributed by atoms with E-state index in [2.05, 4.69) is 4.90 Å². The fraction of sp³-hybridized carbons (Fsp3) is 0.923. The van der Waals surface area contributed by atoms with E-state index in [-0.39, 0.29) is 0 Å². The summed E-state index contributed by atoms with van der Waals surface area (Å²) >= 11 is 0. The average molecular weight is 241 g/mol. The summed E-state index contributed by atoms with van der Waals surface area (Å²) in [5.41, 5.74) is 0. The lowest BCUT2D eigenvalue weighted by Crippen LogP contribution is -2.48. The minimum absolute atomic E-state index is 0.310. The molecule has 1 unspecified atom stereocenters. The molecule has 1 atom stereocenters. The number of ether oxygens (including phenoxy) is 1. The molecule has 17 heavy (non-hydrogen) atoms. The zero-order valence-corrected chi connectivity index (χ0v) is 10.4. The van der Waals surface area contributed by atoms with E-state index < -0.39 is 5.97 Å². The van der Waals surface area contributed by atoms with Crippen LogP contribution in [0.4, 0.5) is 0 Å². The summed E-state index contributed by atoms with van der Waals surface area (Å²) in [7, 11) is 0. The van der Waals surface area contributed by atoms with Gasteiger partial charge in [0.05, 0.1) is 0 Å². The number of rotatable bonds is 4. The Bertz CT molecular complexity index is 251. The first kappa shape index (κ1) is 12.8. The highest BCUT2D eigenvalue weighted by atomic mass is 16.5. The van der Waals surface area contributed by atoms with E-state index in [1.807, 2.05) is 0 Å². The molecule has 0 aromatic carbocycles. The Hall–Kier alpha value is -0.610. The summed E-state index contributed by atoms with van der Waals surface area (Å²) in [5, 5.41) is 8.80. The summed E-state index contributed by atoms with van der Waals surface area (Å²) in [5.74, 6) is -0.664.